The summed E-state index contributed by atoms with van der Waals surface area (Å²) in [6, 6.07) is 4.14. The van der Waals surface area contributed by atoms with E-state index in [9.17, 15) is 9.59 Å². The molecule has 7 heteroatoms. The van der Waals surface area contributed by atoms with Crippen molar-refractivity contribution < 1.29 is 14.3 Å². The second-order valence-electron chi connectivity index (χ2n) is 4.55. The average Bonchev–Trinajstić information content (AvgIpc) is 2.83. The smallest absolute Gasteiger partial charge is 0.250 e. The van der Waals surface area contributed by atoms with E-state index in [2.05, 4.69) is 10.3 Å². The lowest BCUT2D eigenvalue weighted by Crippen LogP contribution is -2.59. The molecule has 7 nitrogen and oxygen atoms in total. The minimum Gasteiger partial charge on any atom is -0.496 e. The van der Waals surface area contributed by atoms with Gasteiger partial charge in [0.25, 0.3) is 5.91 Å². The summed E-state index contributed by atoms with van der Waals surface area (Å²) < 4.78 is 5.29. The van der Waals surface area contributed by atoms with Gasteiger partial charge >= 0.3 is 0 Å². The van der Waals surface area contributed by atoms with Crippen LogP contribution in [0.4, 0.5) is 0 Å². The van der Waals surface area contributed by atoms with E-state index in [0.717, 1.165) is 5.56 Å². The van der Waals surface area contributed by atoms with Crippen LogP contribution in [0.15, 0.2) is 23.2 Å². The van der Waals surface area contributed by atoms with Crippen molar-refractivity contribution in [3.8, 4) is 5.75 Å². The van der Waals surface area contributed by atoms with E-state index in [4.69, 9.17) is 16.2 Å². The summed E-state index contributed by atoms with van der Waals surface area (Å²) in [6.45, 7) is 1.79. The number of aryl methyl sites for hydroxylation is 1. The summed E-state index contributed by atoms with van der Waals surface area (Å²) in [5.41, 5.74) is 10.6. The lowest BCUT2D eigenvalue weighted by atomic mass is 9.79. The fourth-order valence-corrected chi connectivity index (χ4v) is 2.55. The maximum Gasteiger partial charge on any atom is 0.250 e. The van der Waals surface area contributed by atoms with Gasteiger partial charge < -0.3 is 21.5 Å². The van der Waals surface area contributed by atoms with Gasteiger partial charge in [-0.05, 0) is 18.6 Å². The SMILES string of the molecule is COc1cccc(C)c1C1(C(N)=O)NC=NC1C(N)=O. The van der Waals surface area contributed by atoms with E-state index < -0.39 is 23.4 Å². The van der Waals surface area contributed by atoms with Crippen LogP contribution in [0.3, 0.4) is 0 Å². The molecule has 0 fully saturated rings. The van der Waals surface area contributed by atoms with Crippen molar-refractivity contribution in [2.75, 3.05) is 7.11 Å². The van der Waals surface area contributed by atoms with E-state index >= 15 is 0 Å². The summed E-state index contributed by atoms with van der Waals surface area (Å²) in [7, 11) is 1.47. The zero-order valence-corrected chi connectivity index (χ0v) is 11.2. The number of carbonyl (C=O) groups is 2. The number of aliphatic imine (C=N–C) groups is 1. The minimum atomic E-state index is -1.53. The van der Waals surface area contributed by atoms with Gasteiger partial charge in [-0.3, -0.25) is 14.6 Å². The van der Waals surface area contributed by atoms with Crippen LogP contribution in [0.1, 0.15) is 11.1 Å². The molecule has 5 N–H and O–H groups in total. The second-order valence-corrected chi connectivity index (χ2v) is 4.55. The molecule has 1 aromatic rings. The van der Waals surface area contributed by atoms with Crippen LogP contribution in [0.5, 0.6) is 5.75 Å². The molecular weight excluding hydrogens is 260 g/mol. The van der Waals surface area contributed by atoms with Crippen LogP contribution in [-0.4, -0.2) is 31.3 Å². The number of nitrogens with zero attached hydrogens (tertiary/aromatic N) is 1. The summed E-state index contributed by atoms with van der Waals surface area (Å²) in [6.07, 6.45) is 1.27. The number of benzene rings is 1. The molecule has 2 atom stereocenters. The molecule has 106 valence electrons. The first-order chi connectivity index (χ1) is 9.45. The van der Waals surface area contributed by atoms with Gasteiger partial charge in [-0.2, -0.15) is 0 Å². The normalized spacial score (nSPS) is 24.2. The first-order valence-corrected chi connectivity index (χ1v) is 5.97. The van der Waals surface area contributed by atoms with Crippen LogP contribution in [0.25, 0.3) is 0 Å². The zero-order valence-electron chi connectivity index (χ0n) is 11.2. The molecule has 0 radical (unpaired) electrons. The third-order valence-corrected chi connectivity index (χ3v) is 3.43. The van der Waals surface area contributed by atoms with Crippen LogP contribution in [0, 0.1) is 6.92 Å². The minimum absolute atomic E-state index is 0.438. The molecule has 2 amide bonds. The van der Waals surface area contributed by atoms with Gasteiger partial charge in [-0.1, -0.05) is 12.1 Å². The Morgan fingerprint density at radius 1 is 1.40 bits per heavy atom. The van der Waals surface area contributed by atoms with E-state index in [0.29, 0.717) is 11.3 Å². The summed E-state index contributed by atoms with van der Waals surface area (Å²) in [4.78, 5) is 27.6. The number of primary amides is 2. The van der Waals surface area contributed by atoms with Crippen molar-refractivity contribution in [3.63, 3.8) is 0 Å². The van der Waals surface area contributed by atoms with E-state index in [1.54, 1.807) is 25.1 Å². The number of nitrogens with two attached hydrogens (primary N) is 2. The Labute approximate surface area is 116 Å². The molecule has 0 spiro atoms. The Bertz CT molecular complexity index is 599. The van der Waals surface area contributed by atoms with Crippen molar-refractivity contribution in [3.05, 3.63) is 29.3 Å². The Hall–Kier alpha value is -2.57. The van der Waals surface area contributed by atoms with Gasteiger partial charge in [-0.25, -0.2) is 0 Å². The molecule has 1 aliphatic rings. The van der Waals surface area contributed by atoms with Crippen LogP contribution in [0.2, 0.25) is 0 Å². The van der Waals surface area contributed by atoms with Crippen molar-refractivity contribution in [1.29, 1.82) is 0 Å². The molecule has 20 heavy (non-hydrogen) atoms. The molecule has 0 aromatic heterocycles. The predicted octanol–water partition coefficient (Wildman–Crippen LogP) is -0.830. The standard InChI is InChI=1S/C13H16N4O3/c1-7-4-3-5-8(20-2)9(7)13(12(15)19)10(11(14)18)16-6-17-13/h3-6,10H,1-2H3,(H2,14,18)(H2,15,19)(H,16,17). The fourth-order valence-electron chi connectivity index (χ4n) is 2.55. The first-order valence-electron chi connectivity index (χ1n) is 5.97. The number of hydrogen-bond acceptors (Lipinski definition) is 5. The van der Waals surface area contributed by atoms with Gasteiger partial charge in [0.05, 0.1) is 13.4 Å². The van der Waals surface area contributed by atoms with Crippen LogP contribution < -0.4 is 21.5 Å². The maximum atomic E-state index is 12.1. The summed E-state index contributed by atoms with van der Waals surface area (Å²) in [5, 5.41) is 2.79. The molecule has 1 heterocycles. The van der Waals surface area contributed by atoms with E-state index in [1.807, 2.05) is 0 Å². The van der Waals surface area contributed by atoms with Crippen LogP contribution >= 0.6 is 0 Å². The third-order valence-electron chi connectivity index (χ3n) is 3.43. The van der Waals surface area contributed by atoms with Crippen molar-refractivity contribution in [1.82, 2.24) is 5.32 Å². The second kappa shape index (κ2) is 4.84. The number of nitrogens with one attached hydrogen (secondary N) is 1. The highest BCUT2D eigenvalue weighted by Gasteiger charge is 2.53. The van der Waals surface area contributed by atoms with Gasteiger partial charge in [0.1, 0.15) is 5.75 Å². The Morgan fingerprint density at radius 3 is 2.65 bits per heavy atom. The quantitative estimate of drug-likeness (QED) is 0.664. The first kappa shape index (κ1) is 13.9. The van der Waals surface area contributed by atoms with Gasteiger partial charge in [-0.15, -0.1) is 0 Å². The van der Waals surface area contributed by atoms with E-state index in [-0.39, 0.29) is 0 Å². The lowest BCUT2D eigenvalue weighted by molar-refractivity contribution is -0.130. The molecule has 1 aromatic carbocycles. The Kier molecular flexibility index (Phi) is 3.35. The van der Waals surface area contributed by atoms with Crippen molar-refractivity contribution in [2.24, 2.45) is 16.5 Å². The van der Waals surface area contributed by atoms with Crippen molar-refractivity contribution in [2.45, 2.75) is 18.5 Å². The number of hydrogen-bond donors (Lipinski definition) is 3. The number of methoxy groups -OCH3 is 1. The monoisotopic (exact) mass is 276 g/mol. The predicted molar refractivity (Wildman–Crippen MR) is 73.2 cm³/mol. The largest absolute Gasteiger partial charge is 0.496 e. The highest BCUT2D eigenvalue weighted by atomic mass is 16.5. The topological polar surface area (TPSA) is 120 Å². The maximum absolute atomic E-state index is 12.1. The number of rotatable bonds is 4. The molecule has 2 rings (SSSR count). The average molecular weight is 276 g/mol. The zero-order chi connectivity index (χ0) is 14.9. The van der Waals surface area contributed by atoms with Gasteiger partial charge in [0.15, 0.2) is 11.6 Å². The van der Waals surface area contributed by atoms with Gasteiger partial charge in [0.2, 0.25) is 5.91 Å². The van der Waals surface area contributed by atoms with Crippen LogP contribution in [-0.2, 0) is 15.1 Å². The third kappa shape index (κ3) is 1.78. The molecule has 1 aliphatic heterocycles. The number of amides is 2. The molecule has 0 aliphatic carbocycles. The lowest BCUT2D eigenvalue weighted by Gasteiger charge is -2.32. The molecular formula is C13H16N4O3. The molecule has 0 saturated carbocycles. The van der Waals surface area contributed by atoms with Crippen molar-refractivity contribution >= 4 is 18.2 Å². The Morgan fingerprint density at radius 2 is 2.10 bits per heavy atom. The van der Waals surface area contributed by atoms with Gasteiger partial charge in [0, 0.05) is 5.56 Å². The molecule has 2 unspecified atom stereocenters. The highest BCUT2D eigenvalue weighted by molar-refractivity contribution is 6.00. The summed E-state index contributed by atoms with van der Waals surface area (Å²) in [5.74, 6) is -1.05. The number of ether oxygens (including phenoxy) is 1. The molecule has 0 bridgehead atoms. The molecule has 0 saturated heterocycles. The fraction of sp³-hybridized carbons (Fsp3) is 0.308. The van der Waals surface area contributed by atoms with E-state index in [1.165, 1.54) is 13.4 Å². The highest BCUT2D eigenvalue weighted by Crippen LogP contribution is 2.38. The number of carbonyl (C=O) groups excluding carboxylic acids is 2. The Balaban J connectivity index is 2.73. The summed E-state index contributed by atoms with van der Waals surface area (Å²) >= 11 is 0.